The zero-order chi connectivity index (χ0) is 17.7. The van der Waals surface area contributed by atoms with Gasteiger partial charge in [0.15, 0.2) is 5.11 Å². The van der Waals surface area contributed by atoms with Gasteiger partial charge in [0.2, 0.25) is 10.0 Å². The van der Waals surface area contributed by atoms with Gasteiger partial charge in [-0.2, -0.15) is 0 Å². The van der Waals surface area contributed by atoms with Gasteiger partial charge in [-0.05, 0) is 30.4 Å². The molecule has 1 aliphatic rings. The van der Waals surface area contributed by atoms with Crippen LogP contribution in [-0.2, 0) is 10.0 Å². The minimum Gasteiger partial charge on any atom is -0.395 e. The molecule has 0 radical (unpaired) electrons. The predicted octanol–water partition coefficient (Wildman–Crippen LogP) is 0.244. The number of piperazine rings is 1. The van der Waals surface area contributed by atoms with Crippen LogP contribution in [0.2, 0.25) is 0 Å². The van der Waals surface area contributed by atoms with E-state index in [9.17, 15) is 8.42 Å². The van der Waals surface area contributed by atoms with Crippen LogP contribution in [0.1, 0.15) is 0 Å². The third kappa shape index (κ3) is 4.64. The largest absolute Gasteiger partial charge is 0.395 e. The number of rotatable bonds is 5. The van der Waals surface area contributed by atoms with E-state index in [0.29, 0.717) is 17.3 Å². The summed E-state index contributed by atoms with van der Waals surface area (Å²) in [6, 6.07) is 6.64. The third-order valence-electron chi connectivity index (χ3n) is 3.94. The molecule has 1 aromatic rings. The van der Waals surface area contributed by atoms with Crippen molar-refractivity contribution >= 4 is 33.0 Å². The molecular formula is C15H24N4O3S2. The quantitative estimate of drug-likeness (QED) is 0.717. The summed E-state index contributed by atoms with van der Waals surface area (Å²) in [5.41, 5.74) is 0.653. The standard InChI is InChI=1S/C15H24N4O3S2/c1-17(2)24(21,22)14-5-3-4-13(12-14)16-15(23)19-8-6-18(7-9-19)10-11-20/h3-5,12,20H,6-11H2,1-2H3,(H,16,23). The van der Waals surface area contributed by atoms with Crippen molar-refractivity contribution in [3.8, 4) is 0 Å². The first-order valence-electron chi connectivity index (χ1n) is 7.76. The van der Waals surface area contributed by atoms with Crippen LogP contribution >= 0.6 is 12.2 Å². The number of benzene rings is 1. The van der Waals surface area contributed by atoms with Gasteiger partial charge in [-0.3, -0.25) is 4.90 Å². The molecule has 0 bridgehead atoms. The van der Waals surface area contributed by atoms with E-state index in [1.54, 1.807) is 24.3 Å². The third-order valence-corrected chi connectivity index (χ3v) is 6.11. The topological polar surface area (TPSA) is 76.1 Å². The van der Waals surface area contributed by atoms with Crippen molar-refractivity contribution < 1.29 is 13.5 Å². The maximum absolute atomic E-state index is 12.2. The maximum Gasteiger partial charge on any atom is 0.242 e. The SMILES string of the molecule is CN(C)S(=O)(=O)c1cccc(NC(=S)N2CCN(CCO)CC2)c1. The summed E-state index contributed by atoms with van der Waals surface area (Å²) in [6.45, 7) is 4.09. The molecule has 0 aliphatic carbocycles. The number of sulfonamides is 1. The Morgan fingerprint density at radius 3 is 2.54 bits per heavy atom. The Bertz CT molecular complexity index is 671. The first kappa shape index (κ1) is 19.1. The Kier molecular flexibility index (Phi) is 6.53. The summed E-state index contributed by atoms with van der Waals surface area (Å²) in [5.74, 6) is 0. The van der Waals surface area contributed by atoms with Crippen molar-refractivity contribution in [2.45, 2.75) is 4.90 Å². The minimum absolute atomic E-state index is 0.163. The van der Waals surface area contributed by atoms with Crippen molar-refractivity contribution in [2.75, 3.05) is 58.7 Å². The molecule has 0 spiro atoms. The number of nitrogens with one attached hydrogen (secondary N) is 1. The van der Waals surface area contributed by atoms with Crippen LogP contribution in [0.25, 0.3) is 0 Å². The van der Waals surface area contributed by atoms with Gasteiger partial charge < -0.3 is 15.3 Å². The number of anilines is 1. The van der Waals surface area contributed by atoms with E-state index in [4.69, 9.17) is 17.3 Å². The van der Waals surface area contributed by atoms with Gasteiger partial charge in [-0.1, -0.05) is 6.07 Å². The second-order valence-electron chi connectivity index (χ2n) is 5.80. The molecule has 1 heterocycles. The molecule has 1 aliphatic heterocycles. The first-order chi connectivity index (χ1) is 11.3. The van der Waals surface area contributed by atoms with Crippen molar-refractivity contribution in [2.24, 2.45) is 0 Å². The molecule has 9 heteroatoms. The Hall–Kier alpha value is -1.26. The van der Waals surface area contributed by atoms with Crippen LogP contribution in [-0.4, -0.2) is 86.2 Å². The van der Waals surface area contributed by atoms with E-state index in [1.807, 2.05) is 0 Å². The van der Waals surface area contributed by atoms with Crippen molar-refractivity contribution in [1.82, 2.24) is 14.1 Å². The lowest BCUT2D eigenvalue weighted by Crippen LogP contribution is -2.50. The smallest absolute Gasteiger partial charge is 0.242 e. The Morgan fingerprint density at radius 1 is 1.29 bits per heavy atom. The molecule has 1 aromatic carbocycles. The summed E-state index contributed by atoms with van der Waals surface area (Å²) in [6.07, 6.45) is 0. The molecule has 0 atom stereocenters. The highest BCUT2D eigenvalue weighted by atomic mass is 32.2. The summed E-state index contributed by atoms with van der Waals surface area (Å²) in [7, 11) is -0.456. The molecule has 7 nitrogen and oxygen atoms in total. The lowest BCUT2D eigenvalue weighted by Gasteiger charge is -2.35. The Balaban J connectivity index is 2.00. The van der Waals surface area contributed by atoms with Crippen LogP contribution in [0, 0.1) is 0 Å². The molecule has 0 unspecified atom stereocenters. The monoisotopic (exact) mass is 372 g/mol. The van der Waals surface area contributed by atoms with Crippen LogP contribution in [0.3, 0.4) is 0 Å². The fourth-order valence-electron chi connectivity index (χ4n) is 2.46. The maximum atomic E-state index is 12.2. The number of thiocarbonyl (C=S) groups is 1. The highest BCUT2D eigenvalue weighted by Gasteiger charge is 2.20. The van der Waals surface area contributed by atoms with Gasteiger partial charge in [-0.15, -0.1) is 0 Å². The fourth-order valence-corrected chi connectivity index (χ4v) is 3.71. The van der Waals surface area contributed by atoms with Crippen LogP contribution in [0.15, 0.2) is 29.2 Å². The number of nitrogens with zero attached hydrogens (tertiary/aromatic N) is 3. The molecule has 134 valence electrons. The van der Waals surface area contributed by atoms with E-state index >= 15 is 0 Å². The number of hydrogen-bond acceptors (Lipinski definition) is 5. The van der Waals surface area contributed by atoms with Crippen molar-refractivity contribution in [3.05, 3.63) is 24.3 Å². The fraction of sp³-hybridized carbons (Fsp3) is 0.533. The summed E-state index contributed by atoms with van der Waals surface area (Å²) in [4.78, 5) is 4.47. The highest BCUT2D eigenvalue weighted by molar-refractivity contribution is 7.89. The van der Waals surface area contributed by atoms with E-state index in [2.05, 4.69) is 15.1 Å². The number of β-amino-alcohol motifs (C(OH)–C–C–N with tert-alkyl or cyclic N) is 1. The second kappa shape index (κ2) is 8.21. The van der Waals surface area contributed by atoms with Gasteiger partial charge in [-0.25, -0.2) is 12.7 Å². The molecule has 1 fully saturated rings. The zero-order valence-electron chi connectivity index (χ0n) is 14.0. The van der Waals surface area contributed by atoms with E-state index in [1.165, 1.54) is 18.4 Å². The second-order valence-corrected chi connectivity index (χ2v) is 8.34. The summed E-state index contributed by atoms with van der Waals surface area (Å²) < 4.78 is 25.6. The highest BCUT2D eigenvalue weighted by Crippen LogP contribution is 2.18. The number of hydrogen-bond donors (Lipinski definition) is 2. The van der Waals surface area contributed by atoms with Crippen LogP contribution < -0.4 is 5.32 Å². The molecule has 0 saturated carbocycles. The molecular weight excluding hydrogens is 348 g/mol. The zero-order valence-corrected chi connectivity index (χ0v) is 15.6. The summed E-state index contributed by atoms with van der Waals surface area (Å²) in [5, 5.41) is 12.7. The lowest BCUT2D eigenvalue weighted by atomic mass is 10.3. The molecule has 0 aromatic heterocycles. The van der Waals surface area contributed by atoms with Gasteiger partial charge in [0.1, 0.15) is 0 Å². The van der Waals surface area contributed by atoms with Gasteiger partial charge >= 0.3 is 0 Å². The Labute approximate surface area is 148 Å². The lowest BCUT2D eigenvalue weighted by molar-refractivity contribution is 0.148. The van der Waals surface area contributed by atoms with Crippen LogP contribution in [0.5, 0.6) is 0 Å². The van der Waals surface area contributed by atoms with Gasteiger partial charge in [0, 0.05) is 52.5 Å². The minimum atomic E-state index is -3.47. The van der Waals surface area contributed by atoms with E-state index in [0.717, 1.165) is 26.2 Å². The predicted molar refractivity (Wildman–Crippen MR) is 98.6 cm³/mol. The molecule has 0 amide bonds. The number of aliphatic hydroxyl groups is 1. The number of aliphatic hydroxyl groups excluding tert-OH is 1. The van der Waals surface area contributed by atoms with E-state index in [-0.39, 0.29) is 11.5 Å². The van der Waals surface area contributed by atoms with Crippen LogP contribution in [0.4, 0.5) is 5.69 Å². The Morgan fingerprint density at radius 2 is 1.96 bits per heavy atom. The summed E-state index contributed by atoms with van der Waals surface area (Å²) >= 11 is 5.43. The van der Waals surface area contributed by atoms with Crippen molar-refractivity contribution in [3.63, 3.8) is 0 Å². The first-order valence-corrected chi connectivity index (χ1v) is 9.61. The van der Waals surface area contributed by atoms with E-state index < -0.39 is 10.0 Å². The molecule has 2 rings (SSSR count). The molecule has 24 heavy (non-hydrogen) atoms. The average molecular weight is 373 g/mol. The molecule has 1 saturated heterocycles. The normalized spacial score (nSPS) is 16.4. The molecule has 2 N–H and O–H groups in total. The van der Waals surface area contributed by atoms with Gasteiger partial charge in [0.25, 0.3) is 0 Å². The van der Waals surface area contributed by atoms with Crippen molar-refractivity contribution in [1.29, 1.82) is 0 Å². The van der Waals surface area contributed by atoms with Gasteiger partial charge in [0.05, 0.1) is 11.5 Å². The average Bonchev–Trinajstić information content (AvgIpc) is 2.56.